The van der Waals surface area contributed by atoms with E-state index < -0.39 is 0 Å². The van der Waals surface area contributed by atoms with Crippen LogP contribution in [0, 0.1) is 12.8 Å². The molecule has 4 rings (SSSR count). The summed E-state index contributed by atoms with van der Waals surface area (Å²) in [6.45, 7) is 11.3. The molecule has 0 bridgehead atoms. The number of ether oxygens (including phenoxy) is 1. The second kappa shape index (κ2) is 9.29. The summed E-state index contributed by atoms with van der Waals surface area (Å²) in [5.74, 6) is 0.483. The molecule has 1 saturated heterocycles. The van der Waals surface area contributed by atoms with E-state index in [0.29, 0.717) is 5.92 Å². The summed E-state index contributed by atoms with van der Waals surface area (Å²) in [4.78, 5) is 17.4. The monoisotopic (exact) mass is 426 g/mol. The number of fused-ring (bicyclic) bond motifs is 1. The van der Waals surface area contributed by atoms with Crippen LogP contribution >= 0.6 is 11.3 Å². The number of nitrogens with one attached hydrogen (secondary N) is 1. The van der Waals surface area contributed by atoms with E-state index in [0.717, 1.165) is 65.7 Å². The molecule has 0 spiro atoms. The largest absolute Gasteiger partial charge is 0.379 e. The summed E-state index contributed by atoms with van der Waals surface area (Å²) in [6, 6.07) is 12.2. The molecular weight excluding hydrogens is 396 g/mol. The lowest BCUT2D eigenvalue weighted by Gasteiger charge is -2.31. The van der Waals surface area contributed by atoms with E-state index in [1.54, 1.807) is 0 Å². The number of carbonyl (C=O) groups excluding carboxylic acids is 1. The van der Waals surface area contributed by atoms with Gasteiger partial charge in [-0.15, -0.1) is 11.3 Å². The molecule has 1 aliphatic rings. The van der Waals surface area contributed by atoms with Crippen LogP contribution in [0.2, 0.25) is 0 Å². The number of hydrogen-bond donors (Lipinski definition) is 1. The van der Waals surface area contributed by atoms with Crippen LogP contribution in [0.5, 0.6) is 0 Å². The third-order valence-corrected chi connectivity index (χ3v) is 6.57. The highest BCUT2D eigenvalue weighted by molar-refractivity contribution is 7.20. The van der Waals surface area contributed by atoms with Crippen molar-refractivity contribution in [1.82, 2.24) is 20.0 Å². The van der Waals surface area contributed by atoms with Crippen molar-refractivity contribution in [3.8, 4) is 0 Å². The molecule has 1 aromatic carbocycles. The zero-order valence-corrected chi connectivity index (χ0v) is 18.7. The number of nitrogens with zero attached hydrogens (tertiary/aromatic N) is 3. The van der Waals surface area contributed by atoms with Gasteiger partial charge in [-0.3, -0.25) is 14.4 Å². The van der Waals surface area contributed by atoms with Crippen molar-refractivity contribution < 1.29 is 9.53 Å². The van der Waals surface area contributed by atoms with Gasteiger partial charge in [-0.05, 0) is 24.5 Å². The highest BCUT2D eigenvalue weighted by Crippen LogP contribution is 2.29. The molecule has 30 heavy (non-hydrogen) atoms. The van der Waals surface area contributed by atoms with Crippen LogP contribution < -0.4 is 5.32 Å². The maximum Gasteiger partial charge on any atom is 0.261 e. The lowest BCUT2D eigenvalue weighted by atomic mass is 10.1. The highest BCUT2D eigenvalue weighted by atomic mass is 32.1. The average molecular weight is 427 g/mol. The Kier molecular flexibility index (Phi) is 6.51. The van der Waals surface area contributed by atoms with Crippen molar-refractivity contribution in [2.75, 3.05) is 32.8 Å². The Balaban J connectivity index is 1.55. The van der Waals surface area contributed by atoms with Gasteiger partial charge in [0.05, 0.1) is 29.8 Å². The van der Waals surface area contributed by atoms with E-state index >= 15 is 0 Å². The van der Waals surface area contributed by atoms with Crippen LogP contribution in [-0.4, -0.2) is 53.4 Å². The second-order valence-corrected chi connectivity index (χ2v) is 9.37. The van der Waals surface area contributed by atoms with E-state index in [4.69, 9.17) is 4.74 Å². The minimum Gasteiger partial charge on any atom is -0.379 e. The van der Waals surface area contributed by atoms with Crippen molar-refractivity contribution in [2.24, 2.45) is 5.92 Å². The second-order valence-electron chi connectivity index (χ2n) is 8.34. The summed E-state index contributed by atoms with van der Waals surface area (Å²) < 4.78 is 7.52. The molecule has 1 N–H and O–H groups in total. The van der Waals surface area contributed by atoms with Crippen molar-refractivity contribution >= 4 is 27.5 Å². The van der Waals surface area contributed by atoms with Gasteiger partial charge in [-0.2, -0.15) is 5.10 Å². The molecule has 2 aromatic heterocycles. The van der Waals surface area contributed by atoms with Crippen LogP contribution in [0.4, 0.5) is 0 Å². The van der Waals surface area contributed by atoms with Crippen molar-refractivity contribution in [3.63, 3.8) is 0 Å². The number of morpholine rings is 1. The Labute approximate surface area is 181 Å². The lowest BCUT2D eigenvalue weighted by molar-refractivity contribution is 0.0332. The molecule has 1 amide bonds. The number of aryl methyl sites for hydroxylation is 1. The molecular formula is C23H30N4O2S. The van der Waals surface area contributed by atoms with E-state index in [9.17, 15) is 4.79 Å². The third-order valence-electron chi connectivity index (χ3n) is 5.42. The van der Waals surface area contributed by atoms with Crippen LogP contribution in [0.15, 0.2) is 36.4 Å². The number of hydrogen-bond acceptors (Lipinski definition) is 5. The first-order valence-corrected chi connectivity index (χ1v) is 11.5. The van der Waals surface area contributed by atoms with E-state index in [1.165, 1.54) is 11.3 Å². The van der Waals surface area contributed by atoms with E-state index in [1.807, 2.05) is 35.9 Å². The Bertz CT molecular complexity index is 989. The fourth-order valence-corrected chi connectivity index (χ4v) is 4.96. The Hall–Kier alpha value is -2.22. The van der Waals surface area contributed by atoms with Gasteiger partial charge < -0.3 is 10.1 Å². The molecule has 0 unspecified atom stereocenters. The number of benzene rings is 1. The quantitative estimate of drug-likeness (QED) is 0.623. The minimum absolute atomic E-state index is 0.0196. The standard InChI is InChI=1S/C23H30N4O2S/c1-16(2)14-27-23-19(17(3)25-27)13-21(30-23)22(28)24-20(18-7-5-4-6-8-18)15-26-9-11-29-12-10-26/h4-8,13,16,20H,9-12,14-15H2,1-3H3,(H,24,28)/t20-/m0/s1. The summed E-state index contributed by atoms with van der Waals surface area (Å²) in [5, 5.41) is 9.02. The molecule has 1 atom stereocenters. The van der Waals surface area contributed by atoms with Gasteiger partial charge in [0, 0.05) is 31.6 Å². The van der Waals surface area contributed by atoms with E-state index in [2.05, 4.69) is 41.3 Å². The predicted molar refractivity (Wildman–Crippen MR) is 121 cm³/mol. The fourth-order valence-electron chi connectivity index (χ4n) is 3.89. The summed E-state index contributed by atoms with van der Waals surface area (Å²) >= 11 is 1.53. The van der Waals surface area contributed by atoms with Gasteiger partial charge in [-0.25, -0.2) is 0 Å². The van der Waals surface area contributed by atoms with E-state index in [-0.39, 0.29) is 11.9 Å². The first kappa shape index (κ1) is 21.0. The zero-order valence-electron chi connectivity index (χ0n) is 17.9. The SMILES string of the molecule is Cc1nn(CC(C)C)c2sc(C(=O)N[C@@H](CN3CCOCC3)c3ccccc3)cc12. The van der Waals surface area contributed by atoms with Crippen LogP contribution in [-0.2, 0) is 11.3 Å². The molecule has 3 aromatic rings. The van der Waals surface area contributed by atoms with Gasteiger partial charge in [-0.1, -0.05) is 44.2 Å². The smallest absolute Gasteiger partial charge is 0.261 e. The first-order chi connectivity index (χ1) is 14.5. The van der Waals surface area contributed by atoms with Crippen molar-refractivity contribution in [1.29, 1.82) is 0 Å². The third kappa shape index (κ3) is 4.74. The topological polar surface area (TPSA) is 59.4 Å². The van der Waals surface area contributed by atoms with Gasteiger partial charge in [0.25, 0.3) is 5.91 Å². The molecule has 6 nitrogen and oxygen atoms in total. The van der Waals surface area contributed by atoms with Crippen LogP contribution in [0.3, 0.4) is 0 Å². The Morgan fingerprint density at radius 3 is 2.63 bits per heavy atom. The number of thiophene rings is 1. The number of aromatic nitrogens is 2. The Morgan fingerprint density at radius 1 is 1.20 bits per heavy atom. The zero-order chi connectivity index (χ0) is 21.1. The fraction of sp³-hybridized carbons (Fsp3) is 0.478. The van der Waals surface area contributed by atoms with Gasteiger partial charge in [0.1, 0.15) is 4.83 Å². The molecule has 1 aliphatic heterocycles. The summed E-state index contributed by atoms with van der Waals surface area (Å²) in [7, 11) is 0. The van der Waals surface area contributed by atoms with Crippen LogP contribution in [0.25, 0.3) is 10.2 Å². The molecule has 0 aliphatic carbocycles. The normalized spacial score (nSPS) is 16.3. The molecule has 0 radical (unpaired) electrons. The molecule has 1 fully saturated rings. The van der Waals surface area contributed by atoms with Gasteiger partial charge in [0.15, 0.2) is 0 Å². The first-order valence-electron chi connectivity index (χ1n) is 10.6. The van der Waals surface area contributed by atoms with Crippen LogP contribution in [0.1, 0.15) is 40.8 Å². The Morgan fingerprint density at radius 2 is 1.93 bits per heavy atom. The lowest BCUT2D eigenvalue weighted by Crippen LogP contribution is -2.43. The average Bonchev–Trinajstić information content (AvgIpc) is 3.30. The van der Waals surface area contributed by atoms with Crippen molar-refractivity contribution in [3.05, 3.63) is 52.5 Å². The number of amides is 1. The van der Waals surface area contributed by atoms with Gasteiger partial charge >= 0.3 is 0 Å². The molecule has 0 saturated carbocycles. The molecule has 7 heteroatoms. The maximum absolute atomic E-state index is 13.2. The van der Waals surface area contributed by atoms with Gasteiger partial charge in [0.2, 0.25) is 0 Å². The maximum atomic E-state index is 13.2. The number of carbonyl (C=O) groups is 1. The highest BCUT2D eigenvalue weighted by Gasteiger charge is 2.23. The minimum atomic E-state index is -0.0599. The summed E-state index contributed by atoms with van der Waals surface area (Å²) in [6.07, 6.45) is 0. The predicted octanol–water partition coefficient (Wildman–Crippen LogP) is 3.87. The summed E-state index contributed by atoms with van der Waals surface area (Å²) in [5.41, 5.74) is 2.11. The van der Waals surface area contributed by atoms with Crippen molar-refractivity contribution in [2.45, 2.75) is 33.4 Å². The number of rotatable bonds is 7. The molecule has 160 valence electrons. The molecule has 3 heterocycles.